The van der Waals surface area contributed by atoms with E-state index in [4.69, 9.17) is 9.47 Å². The number of nitrogens with one attached hydrogen (secondary N) is 2. The van der Waals surface area contributed by atoms with Crippen LogP contribution in [-0.4, -0.2) is 54.3 Å². The van der Waals surface area contributed by atoms with E-state index in [2.05, 4.69) is 37.5 Å². The van der Waals surface area contributed by atoms with Crippen molar-refractivity contribution in [1.29, 1.82) is 0 Å². The third-order valence-corrected chi connectivity index (χ3v) is 7.12. The Bertz CT molecular complexity index is 1210. The summed E-state index contributed by atoms with van der Waals surface area (Å²) in [7, 11) is 0. The maximum atomic E-state index is 13.1. The third kappa shape index (κ3) is 11.2. The number of hydrogen-bond acceptors (Lipinski definition) is 6. The molecule has 0 saturated carbocycles. The van der Waals surface area contributed by atoms with Crippen LogP contribution in [0, 0.1) is 17.8 Å². The molecule has 3 rings (SSSR count). The molecule has 2 aromatic carbocycles. The van der Waals surface area contributed by atoms with E-state index < -0.39 is 35.8 Å². The van der Waals surface area contributed by atoms with E-state index >= 15 is 0 Å². The summed E-state index contributed by atoms with van der Waals surface area (Å²) in [6.45, 7) is 8.18. The number of rotatable bonds is 7. The van der Waals surface area contributed by atoms with Crippen molar-refractivity contribution in [1.82, 2.24) is 10.6 Å². The van der Waals surface area contributed by atoms with Gasteiger partial charge in [0.15, 0.2) is 0 Å². The van der Waals surface area contributed by atoms with Crippen LogP contribution in [0.2, 0.25) is 0 Å². The Labute approximate surface area is 249 Å². The Balaban J connectivity index is 1.83. The molecule has 1 aliphatic heterocycles. The number of aromatic hydroxyl groups is 1. The van der Waals surface area contributed by atoms with E-state index in [1.165, 1.54) is 18.2 Å². The van der Waals surface area contributed by atoms with Gasteiger partial charge in [0.2, 0.25) is 11.8 Å². The smallest absolute Gasteiger partial charge is 0.310 e. The molecule has 0 aliphatic carbocycles. The zero-order valence-electron chi connectivity index (χ0n) is 25.0. The molecule has 2 amide bonds. The molecule has 0 radical (unpaired) electrons. The molecule has 42 heavy (non-hydrogen) atoms. The lowest BCUT2D eigenvalue weighted by Crippen LogP contribution is -2.49. The maximum Gasteiger partial charge on any atom is 0.310 e. The fraction of sp³-hybridized carbons (Fsp3) is 0.441. The zero-order valence-corrected chi connectivity index (χ0v) is 25.0. The van der Waals surface area contributed by atoms with Crippen molar-refractivity contribution in [2.75, 3.05) is 13.2 Å². The first-order valence-corrected chi connectivity index (χ1v) is 14.7. The molecule has 226 valence electrons. The van der Waals surface area contributed by atoms with Crippen LogP contribution in [0.15, 0.2) is 72.8 Å². The summed E-state index contributed by atoms with van der Waals surface area (Å²) in [5.74, 6) is -1.42. The number of hydrogen-bond donors (Lipinski definition) is 3. The molecule has 5 atom stereocenters. The highest BCUT2D eigenvalue weighted by Gasteiger charge is 2.26. The van der Waals surface area contributed by atoms with Gasteiger partial charge in [0.1, 0.15) is 17.9 Å². The normalized spacial score (nSPS) is 24.5. The first-order valence-electron chi connectivity index (χ1n) is 14.7. The SMILES string of the molecule is CC(C)CC1CO[C@H]([C@H](C)/C=C/c2ccccc2)C/C=C/C(=O)N[C@H](Cc2ccc(O)cc2)C(=O)NC[C@@H](C)C(=O)O1. The van der Waals surface area contributed by atoms with Crippen LogP contribution in [0.3, 0.4) is 0 Å². The van der Waals surface area contributed by atoms with E-state index in [1.54, 1.807) is 25.1 Å². The van der Waals surface area contributed by atoms with Gasteiger partial charge >= 0.3 is 5.97 Å². The van der Waals surface area contributed by atoms with Crippen LogP contribution >= 0.6 is 0 Å². The molecule has 0 bridgehead atoms. The average molecular weight is 577 g/mol. The number of esters is 1. The minimum atomic E-state index is -0.878. The second kappa shape index (κ2) is 16.5. The molecule has 8 nitrogen and oxygen atoms in total. The summed E-state index contributed by atoms with van der Waals surface area (Å²) in [4.78, 5) is 39.0. The standard InChI is InChI=1S/C34H44N2O6/c1-23(2)19-29-22-41-31(24(3)13-14-26-9-6-5-7-10-26)11-8-12-32(38)36-30(20-27-15-17-28(37)18-16-27)33(39)35-21-25(4)34(40)42-29/h5-10,12-18,23-25,29-31,37H,11,19-22H2,1-4H3,(H,35,39)(H,36,38)/b12-8+,14-13+/t24-,25-,29?,30-,31+/m1/s1. The largest absolute Gasteiger partial charge is 0.508 e. The number of phenols is 1. The third-order valence-electron chi connectivity index (χ3n) is 7.12. The summed E-state index contributed by atoms with van der Waals surface area (Å²) in [5.41, 5.74) is 1.84. The van der Waals surface area contributed by atoms with Crippen molar-refractivity contribution in [2.24, 2.45) is 17.8 Å². The summed E-state index contributed by atoms with van der Waals surface area (Å²) >= 11 is 0. The lowest BCUT2D eigenvalue weighted by atomic mass is 9.99. The molecule has 3 N–H and O–H groups in total. The first-order chi connectivity index (χ1) is 20.1. The van der Waals surface area contributed by atoms with Gasteiger partial charge in [-0.05, 0) is 48.1 Å². The topological polar surface area (TPSA) is 114 Å². The number of carbonyl (C=O) groups is 3. The Morgan fingerprint density at radius 1 is 1.02 bits per heavy atom. The molecule has 0 fully saturated rings. The molecular formula is C34H44N2O6. The van der Waals surface area contributed by atoms with E-state index in [1.807, 2.05) is 36.4 Å². The van der Waals surface area contributed by atoms with E-state index in [9.17, 15) is 19.5 Å². The number of phenolic OH excluding ortho intramolecular Hbond substituents is 1. The van der Waals surface area contributed by atoms with Gasteiger partial charge in [-0.2, -0.15) is 0 Å². The average Bonchev–Trinajstić information content (AvgIpc) is 2.96. The van der Waals surface area contributed by atoms with Gasteiger partial charge in [0, 0.05) is 18.9 Å². The van der Waals surface area contributed by atoms with Crippen LogP contribution in [0.25, 0.3) is 6.08 Å². The predicted octanol–water partition coefficient (Wildman–Crippen LogP) is 4.82. The lowest BCUT2D eigenvalue weighted by molar-refractivity contribution is -0.159. The minimum absolute atomic E-state index is 0.000788. The fourth-order valence-electron chi connectivity index (χ4n) is 4.64. The Morgan fingerprint density at radius 2 is 1.74 bits per heavy atom. The maximum absolute atomic E-state index is 13.1. The highest BCUT2D eigenvalue weighted by Crippen LogP contribution is 2.19. The summed E-state index contributed by atoms with van der Waals surface area (Å²) in [6.07, 6.45) is 7.89. The summed E-state index contributed by atoms with van der Waals surface area (Å²) in [6, 6.07) is 15.6. The van der Waals surface area contributed by atoms with Crippen molar-refractivity contribution in [3.8, 4) is 5.75 Å². The van der Waals surface area contributed by atoms with Gasteiger partial charge in [-0.15, -0.1) is 0 Å². The zero-order chi connectivity index (χ0) is 30.5. The Hall–Kier alpha value is -3.91. The van der Waals surface area contributed by atoms with E-state index in [0.717, 1.165) is 11.1 Å². The summed E-state index contributed by atoms with van der Waals surface area (Å²) in [5, 5.41) is 15.2. The Morgan fingerprint density at radius 3 is 2.43 bits per heavy atom. The Kier molecular flexibility index (Phi) is 12.8. The number of amides is 2. The fourth-order valence-corrected chi connectivity index (χ4v) is 4.64. The molecule has 1 unspecified atom stereocenters. The van der Waals surface area contributed by atoms with Crippen molar-refractivity contribution in [3.05, 3.63) is 84.0 Å². The van der Waals surface area contributed by atoms with Gasteiger partial charge in [-0.1, -0.05) is 88.4 Å². The highest BCUT2D eigenvalue weighted by atomic mass is 16.6. The number of ether oxygens (including phenoxy) is 2. The molecule has 0 saturated heterocycles. The summed E-state index contributed by atoms with van der Waals surface area (Å²) < 4.78 is 12.2. The molecule has 2 aromatic rings. The minimum Gasteiger partial charge on any atom is -0.508 e. The van der Waals surface area contributed by atoms with Crippen molar-refractivity contribution in [2.45, 2.75) is 65.2 Å². The molecule has 8 heteroatoms. The van der Waals surface area contributed by atoms with Gasteiger partial charge in [0.05, 0.1) is 18.6 Å². The van der Waals surface area contributed by atoms with Crippen LogP contribution in [0.5, 0.6) is 5.75 Å². The van der Waals surface area contributed by atoms with Crippen LogP contribution in [0.4, 0.5) is 0 Å². The van der Waals surface area contributed by atoms with Crippen molar-refractivity contribution < 1.29 is 29.0 Å². The van der Waals surface area contributed by atoms with Crippen LogP contribution < -0.4 is 10.6 Å². The number of cyclic esters (lactones) is 1. The first kappa shape index (κ1) is 32.6. The molecular weight excluding hydrogens is 532 g/mol. The van der Waals surface area contributed by atoms with Gasteiger partial charge < -0.3 is 25.2 Å². The lowest BCUT2D eigenvalue weighted by Gasteiger charge is -2.27. The molecule has 0 aromatic heterocycles. The van der Waals surface area contributed by atoms with Crippen LogP contribution in [-0.2, 0) is 30.3 Å². The van der Waals surface area contributed by atoms with E-state index in [0.29, 0.717) is 12.8 Å². The van der Waals surface area contributed by atoms with Gasteiger partial charge in [0.25, 0.3) is 0 Å². The predicted molar refractivity (Wildman–Crippen MR) is 163 cm³/mol. The quantitative estimate of drug-likeness (QED) is 0.407. The molecule has 1 heterocycles. The number of carbonyl (C=O) groups excluding carboxylic acids is 3. The van der Waals surface area contributed by atoms with Crippen molar-refractivity contribution >= 4 is 23.9 Å². The molecule has 1 aliphatic rings. The van der Waals surface area contributed by atoms with Gasteiger partial charge in [-0.3, -0.25) is 14.4 Å². The van der Waals surface area contributed by atoms with Crippen molar-refractivity contribution in [3.63, 3.8) is 0 Å². The highest BCUT2D eigenvalue weighted by molar-refractivity contribution is 5.93. The van der Waals surface area contributed by atoms with Crippen LogP contribution in [0.1, 0.15) is 51.7 Å². The van der Waals surface area contributed by atoms with Gasteiger partial charge in [-0.25, -0.2) is 0 Å². The van der Waals surface area contributed by atoms with E-state index in [-0.39, 0.29) is 43.3 Å². The monoisotopic (exact) mass is 576 g/mol. The second-order valence-corrected chi connectivity index (χ2v) is 11.4. The second-order valence-electron chi connectivity index (χ2n) is 11.4. The molecule has 0 spiro atoms. The number of benzene rings is 2.